The van der Waals surface area contributed by atoms with Crippen LogP contribution in [0.25, 0.3) is 0 Å². The molecule has 1 aliphatic heterocycles. The zero-order chi connectivity index (χ0) is 15.4. The predicted octanol–water partition coefficient (Wildman–Crippen LogP) is 3.15. The Morgan fingerprint density at radius 3 is 3.00 bits per heavy atom. The Bertz CT molecular complexity index is 657. The number of fused-ring (bicyclic) bond motifs is 1. The number of ether oxygens (including phenoxy) is 1. The van der Waals surface area contributed by atoms with Crippen LogP contribution in [0.2, 0.25) is 0 Å². The number of carbonyl (C=O) groups is 2. The normalized spacial score (nSPS) is 34.8. The van der Waals surface area contributed by atoms with E-state index in [0.29, 0.717) is 5.92 Å². The highest BCUT2D eigenvalue weighted by molar-refractivity contribution is 9.10. The van der Waals surface area contributed by atoms with Gasteiger partial charge in [0.1, 0.15) is 6.10 Å². The molecule has 22 heavy (non-hydrogen) atoms. The van der Waals surface area contributed by atoms with Crippen molar-refractivity contribution in [2.75, 3.05) is 5.32 Å². The number of rotatable bonds is 3. The fourth-order valence-electron chi connectivity index (χ4n) is 4.56. The number of halogens is 1. The van der Waals surface area contributed by atoms with E-state index >= 15 is 0 Å². The smallest absolute Gasteiger partial charge is 0.310 e. The molecule has 2 saturated carbocycles. The summed E-state index contributed by atoms with van der Waals surface area (Å²) >= 11 is 3.46. The van der Waals surface area contributed by atoms with Gasteiger partial charge in [0, 0.05) is 16.1 Å². The van der Waals surface area contributed by atoms with E-state index < -0.39 is 0 Å². The topological polar surface area (TPSA) is 55.4 Å². The summed E-state index contributed by atoms with van der Waals surface area (Å²) < 4.78 is 6.41. The van der Waals surface area contributed by atoms with E-state index in [4.69, 9.17) is 4.74 Å². The quantitative estimate of drug-likeness (QED) is 0.839. The van der Waals surface area contributed by atoms with Crippen LogP contribution in [0.3, 0.4) is 0 Å². The third kappa shape index (κ3) is 2.02. The number of hydrogen-bond acceptors (Lipinski definition) is 3. The van der Waals surface area contributed by atoms with E-state index in [-0.39, 0.29) is 35.7 Å². The monoisotopic (exact) mass is 363 g/mol. The summed E-state index contributed by atoms with van der Waals surface area (Å²) in [5, 5.41) is 3.05. The van der Waals surface area contributed by atoms with Gasteiger partial charge < -0.3 is 10.1 Å². The van der Waals surface area contributed by atoms with Crippen molar-refractivity contribution in [2.24, 2.45) is 23.7 Å². The lowest BCUT2D eigenvalue weighted by molar-refractivity contribution is -0.145. The van der Waals surface area contributed by atoms with Gasteiger partial charge in [-0.1, -0.05) is 22.9 Å². The molecule has 1 heterocycles. The van der Waals surface area contributed by atoms with Gasteiger partial charge >= 0.3 is 5.97 Å². The number of aryl methyl sites for hydroxylation is 1. The molecular weight excluding hydrogens is 346 g/mol. The lowest BCUT2D eigenvalue weighted by Crippen LogP contribution is -2.36. The highest BCUT2D eigenvalue weighted by Crippen LogP contribution is 2.57. The van der Waals surface area contributed by atoms with Crippen LogP contribution in [0, 0.1) is 23.7 Å². The van der Waals surface area contributed by atoms with Crippen molar-refractivity contribution in [1.29, 1.82) is 0 Å². The standard InChI is InChI=1S/C17H18BrNO3/c1-2-8-5-10(18)3-4-12(8)19-16(20)14-9-6-11-13(7-9)22-17(21)15(11)14/h3-5,9,11,13-15H,2,6-7H2,1H3,(H,19,20)/t9-,11-,13-,14-,15+/m1/s1. The van der Waals surface area contributed by atoms with Gasteiger partial charge in [-0.3, -0.25) is 9.59 Å². The average molecular weight is 364 g/mol. The molecule has 4 rings (SSSR count). The van der Waals surface area contributed by atoms with Crippen molar-refractivity contribution in [3.05, 3.63) is 28.2 Å². The van der Waals surface area contributed by atoms with Crippen LogP contribution >= 0.6 is 15.9 Å². The van der Waals surface area contributed by atoms with Crippen LogP contribution in [0.4, 0.5) is 5.69 Å². The van der Waals surface area contributed by atoms with Crippen LogP contribution in [0.15, 0.2) is 22.7 Å². The van der Waals surface area contributed by atoms with E-state index in [0.717, 1.165) is 35.0 Å². The first-order chi connectivity index (χ1) is 10.6. The van der Waals surface area contributed by atoms with Crippen LogP contribution < -0.4 is 5.32 Å². The fraction of sp³-hybridized carbons (Fsp3) is 0.529. The highest BCUT2D eigenvalue weighted by Gasteiger charge is 2.63. The average Bonchev–Trinajstić information content (AvgIpc) is 3.10. The fourth-order valence-corrected chi connectivity index (χ4v) is 4.96. The molecule has 0 aromatic heterocycles. The van der Waals surface area contributed by atoms with Gasteiger partial charge in [0.2, 0.25) is 5.91 Å². The molecule has 4 nitrogen and oxygen atoms in total. The van der Waals surface area contributed by atoms with E-state index in [1.807, 2.05) is 18.2 Å². The lowest BCUT2D eigenvalue weighted by Gasteiger charge is -2.24. The van der Waals surface area contributed by atoms with Gasteiger partial charge in [-0.2, -0.15) is 0 Å². The minimum absolute atomic E-state index is 0.0215. The zero-order valence-corrected chi connectivity index (χ0v) is 13.9. The highest BCUT2D eigenvalue weighted by atomic mass is 79.9. The van der Waals surface area contributed by atoms with E-state index in [9.17, 15) is 9.59 Å². The Kier molecular flexibility index (Phi) is 3.29. The Morgan fingerprint density at radius 1 is 1.41 bits per heavy atom. The van der Waals surface area contributed by atoms with E-state index in [1.165, 1.54) is 0 Å². The third-order valence-corrected chi connectivity index (χ3v) is 5.99. The molecule has 0 spiro atoms. The maximum atomic E-state index is 12.8. The summed E-state index contributed by atoms with van der Waals surface area (Å²) in [6, 6.07) is 5.87. The van der Waals surface area contributed by atoms with Crippen molar-refractivity contribution >= 4 is 33.5 Å². The Morgan fingerprint density at radius 2 is 2.23 bits per heavy atom. The molecule has 2 bridgehead atoms. The molecule has 1 N–H and O–H groups in total. The van der Waals surface area contributed by atoms with Crippen LogP contribution in [-0.4, -0.2) is 18.0 Å². The number of amides is 1. The molecule has 1 aromatic carbocycles. The summed E-state index contributed by atoms with van der Waals surface area (Å²) in [6.45, 7) is 2.06. The summed E-state index contributed by atoms with van der Waals surface area (Å²) in [6.07, 6.45) is 2.73. The van der Waals surface area contributed by atoms with Crippen LogP contribution in [-0.2, 0) is 20.7 Å². The molecule has 5 atom stereocenters. The third-order valence-electron chi connectivity index (χ3n) is 5.49. The summed E-state index contributed by atoms with van der Waals surface area (Å²) in [5.74, 6) is -0.0573. The largest absolute Gasteiger partial charge is 0.462 e. The summed E-state index contributed by atoms with van der Waals surface area (Å²) in [5.41, 5.74) is 1.94. The van der Waals surface area contributed by atoms with Crippen molar-refractivity contribution < 1.29 is 14.3 Å². The zero-order valence-electron chi connectivity index (χ0n) is 12.3. The second kappa shape index (κ2) is 5.08. The molecule has 1 amide bonds. The summed E-state index contributed by atoms with van der Waals surface area (Å²) in [4.78, 5) is 24.8. The van der Waals surface area contributed by atoms with Crippen LogP contribution in [0.1, 0.15) is 25.3 Å². The molecule has 1 aromatic rings. The second-order valence-corrected chi connectivity index (χ2v) is 7.48. The number of hydrogen-bond donors (Lipinski definition) is 1. The Labute approximate surface area is 137 Å². The van der Waals surface area contributed by atoms with Crippen molar-refractivity contribution in [2.45, 2.75) is 32.3 Å². The predicted molar refractivity (Wildman–Crippen MR) is 85.2 cm³/mol. The minimum atomic E-state index is -0.218. The van der Waals surface area contributed by atoms with Gasteiger partial charge in [-0.25, -0.2) is 0 Å². The first kappa shape index (κ1) is 14.2. The van der Waals surface area contributed by atoms with Gasteiger partial charge in [0.05, 0.1) is 11.8 Å². The molecule has 1 saturated heterocycles. The van der Waals surface area contributed by atoms with Gasteiger partial charge in [-0.05, 0) is 48.9 Å². The van der Waals surface area contributed by atoms with E-state index in [1.54, 1.807) is 0 Å². The molecule has 0 unspecified atom stereocenters. The number of anilines is 1. The molecule has 116 valence electrons. The molecule has 3 aliphatic rings. The molecular formula is C17H18BrNO3. The minimum Gasteiger partial charge on any atom is -0.462 e. The van der Waals surface area contributed by atoms with Gasteiger partial charge in [0.15, 0.2) is 0 Å². The van der Waals surface area contributed by atoms with Gasteiger partial charge in [-0.15, -0.1) is 0 Å². The second-order valence-electron chi connectivity index (χ2n) is 6.57. The summed E-state index contributed by atoms with van der Waals surface area (Å²) in [7, 11) is 0. The number of benzene rings is 1. The van der Waals surface area contributed by atoms with Gasteiger partial charge in [0.25, 0.3) is 0 Å². The van der Waals surface area contributed by atoms with E-state index in [2.05, 4.69) is 28.2 Å². The first-order valence-corrected chi connectivity index (χ1v) is 8.67. The Hall–Kier alpha value is -1.36. The van der Waals surface area contributed by atoms with Crippen molar-refractivity contribution in [3.63, 3.8) is 0 Å². The van der Waals surface area contributed by atoms with Crippen molar-refractivity contribution in [1.82, 2.24) is 0 Å². The molecule has 5 heteroatoms. The molecule has 3 fully saturated rings. The SMILES string of the molecule is CCc1cc(Br)ccc1NC(=O)[C@@H]1[C@@H]2C[C@H]3[C@@H]1C(=O)O[C@@H]3C2. The first-order valence-electron chi connectivity index (χ1n) is 7.88. The van der Waals surface area contributed by atoms with Crippen molar-refractivity contribution in [3.8, 4) is 0 Å². The lowest BCUT2D eigenvalue weighted by atomic mass is 9.79. The molecule has 2 aliphatic carbocycles. The maximum Gasteiger partial charge on any atom is 0.310 e. The Balaban J connectivity index is 1.57. The van der Waals surface area contributed by atoms with Crippen LogP contribution in [0.5, 0.6) is 0 Å². The maximum absolute atomic E-state index is 12.8. The number of nitrogens with one attached hydrogen (secondary N) is 1. The number of esters is 1. The number of carbonyl (C=O) groups excluding carboxylic acids is 2. The molecule has 0 radical (unpaired) electrons.